The van der Waals surface area contributed by atoms with Crippen LogP contribution >= 0.6 is 0 Å². The number of hydrogen-bond acceptors (Lipinski definition) is 15. The van der Waals surface area contributed by atoms with Gasteiger partial charge in [0.05, 0.1) is 24.5 Å². The van der Waals surface area contributed by atoms with E-state index in [-0.39, 0.29) is 93.4 Å². The molecule has 0 fully saturated rings. The summed E-state index contributed by atoms with van der Waals surface area (Å²) in [6, 6.07) is 15.4. The van der Waals surface area contributed by atoms with Crippen molar-refractivity contribution in [3.8, 4) is 5.75 Å². The van der Waals surface area contributed by atoms with E-state index in [1.54, 1.807) is 38.1 Å². The van der Waals surface area contributed by atoms with Crippen LogP contribution in [0.1, 0.15) is 66.7 Å². The van der Waals surface area contributed by atoms with Gasteiger partial charge in [0.15, 0.2) is 11.9 Å². The van der Waals surface area contributed by atoms with Gasteiger partial charge in [0.1, 0.15) is 35.0 Å². The van der Waals surface area contributed by atoms with E-state index in [4.69, 9.17) is 27.4 Å². The van der Waals surface area contributed by atoms with Gasteiger partial charge in [-0.05, 0) is 105 Å². The Balaban J connectivity index is 1.30. The number of aromatic hydroxyl groups is 1. The van der Waals surface area contributed by atoms with Crippen molar-refractivity contribution < 1.29 is 43.1 Å². The van der Waals surface area contributed by atoms with Crippen LogP contribution in [-0.2, 0) is 24.0 Å². The fraction of sp³-hybridized carbons (Fsp3) is 0.388. The van der Waals surface area contributed by atoms with E-state index >= 15 is 0 Å². The second-order valence-corrected chi connectivity index (χ2v) is 17.6. The number of hydrogen-bond donors (Lipinski definition) is 12. The minimum Gasteiger partial charge on any atom is -0.508 e. The third-order valence-corrected chi connectivity index (χ3v) is 10.8. The number of carbonyl (C=O) groups excluding carboxylic acids is 7. The highest BCUT2D eigenvalue weighted by Gasteiger charge is 2.31. The van der Waals surface area contributed by atoms with Gasteiger partial charge in [0, 0.05) is 63.0 Å². The number of aliphatic imine (C=N–C) groups is 2. The molecule has 75 heavy (non-hydrogen) atoms. The molecule has 0 saturated heterocycles. The summed E-state index contributed by atoms with van der Waals surface area (Å²) in [7, 11) is 3.88. The molecule has 0 aliphatic carbocycles. The molecule has 3 unspecified atom stereocenters. The molecule has 16 N–H and O–H groups in total. The Morgan fingerprint density at radius 1 is 0.627 bits per heavy atom. The van der Waals surface area contributed by atoms with Crippen LogP contribution in [0.4, 0.5) is 17.1 Å². The van der Waals surface area contributed by atoms with Crippen LogP contribution in [0.25, 0.3) is 11.0 Å². The molecular formula is C49H66N16O10. The number of fused-ring (bicyclic) bond motifs is 1. The molecule has 0 aliphatic heterocycles. The van der Waals surface area contributed by atoms with E-state index in [0.717, 1.165) is 5.69 Å². The standard InChI is InChI=1S/C49H66N16O10/c1-28(2)23-38(62-45(72)37(8-6-20-57-49(52)53)60-43(70)35-24-30-11-18-34(66)25-39(30)75-47(35)74)46(73)61-36(7-5-19-56-48(50)51)44(71)59-27-41(68)58-26-40(67)54-21-22-55-42(69)29-9-12-31(13-10-29)63-64-32-14-16-33(17-15-32)65(3)4/h9-18,24-25,28,36-38,66H,5-8,19-23,26-27H2,1-4H3,(H,54,67)(H,55,69)(H,58,68)(H,59,71)(H,60,70)(H,61,73)(H,62,72)(H4,50,51,56)(H4,52,53,57). The minimum atomic E-state index is -1.33. The maximum Gasteiger partial charge on any atom is 0.349 e. The van der Waals surface area contributed by atoms with Gasteiger partial charge in [0.25, 0.3) is 11.8 Å². The number of anilines is 1. The Morgan fingerprint density at radius 3 is 1.75 bits per heavy atom. The maximum atomic E-state index is 14.0. The highest BCUT2D eigenvalue weighted by Crippen LogP contribution is 2.22. The van der Waals surface area contributed by atoms with E-state index in [1.165, 1.54) is 24.3 Å². The zero-order valence-electron chi connectivity index (χ0n) is 42.2. The van der Waals surface area contributed by atoms with Crippen LogP contribution in [-0.4, -0.2) is 130 Å². The Kier molecular flexibility index (Phi) is 22.9. The van der Waals surface area contributed by atoms with Gasteiger partial charge in [-0.1, -0.05) is 13.8 Å². The highest BCUT2D eigenvalue weighted by atomic mass is 16.4. The number of nitrogens with one attached hydrogen (secondary N) is 7. The number of benzene rings is 3. The molecule has 4 aromatic rings. The number of phenolic OH excluding ortho intramolecular Hbond substituents is 1. The van der Waals surface area contributed by atoms with Crippen molar-refractivity contribution in [2.75, 3.05) is 58.3 Å². The second kappa shape index (κ2) is 29.4. The molecule has 3 aromatic carbocycles. The summed E-state index contributed by atoms with van der Waals surface area (Å²) < 4.78 is 5.23. The van der Waals surface area contributed by atoms with Crippen molar-refractivity contribution in [1.82, 2.24) is 37.2 Å². The lowest BCUT2D eigenvalue weighted by atomic mass is 10.0. The maximum absolute atomic E-state index is 14.0. The molecule has 26 nitrogen and oxygen atoms in total. The van der Waals surface area contributed by atoms with E-state index in [9.17, 15) is 43.5 Å². The Morgan fingerprint density at radius 2 is 1.16 bits per heavy atom. The first-order valence-electron chi connectivity index (χ1n) is 23.9. The van der Waals surface area contributed by atoms with Gasteiger partial charge >= 0.3 is 5.63 Å². The Labute approximate surface area is 432 Å². The predicted octanol–water partition coefficient (Wildman–Crippen LogP) is -0.0201. The fourth-order valence-corrected chi connectivity index (χ4v) is 6.97. The van der Waals surface area contributed by atoms with Crippen LogP contribution in [0.15, 0.2) is 102 Å². The first-order chi connectivity index (χ1) is 35.7. The molecule has 1 aromatic heterocycles. The van der Waals surface area contributed by atoms with Crippen LogP contribution in [0, 0.1) is 5.92 Å². The first-order valence-corrected chi connectivity index (χ1v) is 23.9. The lowest BCUT2D eigenvalue weighted by molar-refractivity contribution is -0.133. The lowest BCUT2D eigenvalue weighted by Gasteiger charge is -2.26. The van der Waals surface area contributed by atoms with Crippen LogP contribution in [0.3, 0.4) is 0 Å². The summed E-state index contributed by atoms with van der Waals surface area (Å²) in [5.41, 5.74) is 23.0. The summed E-state index contributed by atoms with van der Waals surface area (Å²) in [5, 5.41) is 36.5. The van der Waals surface area contributed by atoms with Gasteiger partial charge in [0.2, 0.25) is 29.5 Å². The normalized spacial score (nSPS) is 12.1. The number of rotatable bonds is 28. The monoisotopic (exact) mass is 1040 g/mol. The minimum absolute atomic E-state index is 0.0148. The summed E-state index contributed by atoms with van der Waals surface area (Å²) in [5.74, 6) is -5.77. The highest BCUT2D eigenvalue weighted by molar-refractivity contribution is 6.00. The van der Waals surface area contributed by atoms with Gasteiger partial charge in [-0.15, -0.1) is 0 Å². The molecule has 7 amide bonds. The summed E-state index contributed by atoms with van der Waals surface area (Å²) in [4.78, 5) is 115. The molecule has 0 aliphatic rings. The van der Waals surface area contributed by atoms with Gasteiger partial charge < -0.3 is 74.6 Å². The molecule has 0 saturated carbocycles. The molecule has 26 heteroatoms. The van der Waals surface area contributed by atoms with E-state index in [2.05, 4.69) is 57.4 Å². The summed E-state index contributed by atoms with van der Waals surface area (Å²) >= 11 is 0. The van der Waals surface area contributed by atoms with E-state index in [0.29, 0.717) is 22.3 Å². The molecule has 0 radical (unpaired) electrons. The van der Waals surface area contributed by atoms with Crippen LogP contribution < -0.4 is 70.7 Å². The molecular weight excluding hydrogens is 973 g/mol. The molecule has 0 bridgehead atoms. The number of nitrogens with two attached hydrogens (primary N) is 4. The zero-order valence-corrected chi connectivity index (χ0v) is 42.2. The number of carbonyl (C=O) groups is 7. The topological polar surface area (TPSA) is 411 Å². The van der Waals surface area contributed by atoms with Crippen molar-refractivity contribution in [2.45, 2.75) is 64.1 Å². The van der Waals surface area contributed by atoms with Crippen molar-refractivity contribution in [2.24, 2.45) is 49.1 Å². The largest absolute Gasteiger partial charge is 0.508 e. The van der Waals surface area contributed by atoms with Crippen LogP contribution in [0.2, 0.25) is 0 Å². The van der Waals surface area contributed by atoms with Crippen molar-refractivity contribution in [3.63, 3.8) is 0 Å². The number of amides is 7. The predicted molar refractivity (Wildman–Crippen MR) is 281 cm³/mol. The van der Waals surface area contributed by atoms with Gasteiger partial charge in [-0.2, -0.15) is 10.2 Å². The number of phenols is 1. The first kappa shape index (κ1) is 58.5. The van der Waals surface area contributed by atoms with E-state index in [1.807, 2.05) is 43.3 Å². The molecule has 402 valence electrons. The van der Waals surface area contributed by atoms with Crippen molar-refractivity contribution in [1.29, 1.82) is 0 Å². The summed E-state index contributed by atoms with van der Waals surface area (Å²) in [6.07, 6.45) is 0.391. The third kappa shape index (κ3) is 20.5. The quantitative estimate of drug-likeness (QED) is 0.0117. The second-order valence-electron chi connectivity index (χ2n) is 17.6. The molecule has 3 atom stereocenters. The van der Waals surface area contributed by atoms with Gasteiger partial charge in [-0.3, -0.25) is 43.5 Å². The molecule has 4 rings (SSSR count). The SMILES string of the molecule is CC(C)CC(NC(=O)C(CCCN=C(N)N)NC(=O)c1cc2ccc(O)cc2oc1=O)C(=O)NC(CCCN=C(N)N)C(=O)NCC(=O)NCC(=O)NCCNC(=O)c1ccc(N=Nc2ccc(N(C)C)cc2)cc1. The lowest BCUT2D eigenvalue weighted by Crippen LogP contribution is -2.57. The number of azo groups is 1. The van der Waals surface area contributed by atoms with E-state index < -0.39 is 77.8 Å². The number of guanidine groups is 2. The molecule has 0 spiro atoms. The Bertz CT molecular complexity index is 2770. The Hall–Kier alpha value is -9.10. The van der Waals surface area contributed by atoms with Crippen LogP contribution in [0.5, 0.6) is 5.75 Å². The molecule has 1 heterocycles. The average Bonchev–Trinajstić information content (AvgIpc) is 3.36. The zero-order chi connectivity index (χ0) is 55.0. The van der Waals surface area contributed by atoms with Crippen molar-refractivity contribution in [3.05, 3.63) is 94.3 Å². The fourth-order valence-electron chi connectivity index (χ4n) is 6.97. The van der Waals surface area contributed by atoms with Gasteiger partial charge in [-0.25, -0.2) is 4.79 Å². The average molecular weight is 1040 g/mol. The number of nitrogens with zero attached hydrogens (tertiary/aromatic N) is 5. The summed E-state index contributed by atoms with van der Waals surface area (Å²) in [6.45, 7) is 2.82. The van der Waals surface area contributed by atoms with Crippen molar-refractivity contribution >= 4 is 81.3 Å². The smallest absolute Gasteiger partial charge is 0.349 e. The third-order valence-electron chi connectivity index (χ3n) is 10.8.